The van der Waals surface area contributed by atoms with E-state index in [1.165, 1.54) is 0 Å². The monoisotopic (exact) mass is 490 g/mol. The van der Waals surface area contributed by atoms with Gasteiger partial charge in [0.2, 0.25) is 5.91 Å². The molecular weight excluding hydrogens is 467 g/mol. The van der Waals surface area contributed by atoms with Crippen LogP contribution in [0.2, 0.25) is 10.0 Å². The molecule has 0 radical (unpaired) electrons. The predicted molar refractivity (Wildman–Crippen MR) is 142 cm³/mol. The van der Waals surface area contributed by atoms with Gasteiger partial charge in [-0.25, -0.2) is 0 Å². The average Bonchev–Trinajstić information content (AvgIpc) is 2.82. The van der Waals surface area contributed by atoms with Crippen molar-refractivity contribution < 1.29 is 9.53 Å². The Kier molecular flexibility index (Phi) is 6.11. The van der Waals surface area contributed by atoms with E-state index in [-0.39, 0.29) is 11.8 Å². The topological polar surface area (TPSA) is 41.6 Å². The number of carbonyl (C=O) groups is 1. The fourth-order valence-electron chi connectivity index (χ4n) is 4.72. The summed E-state index contributed by atoms with van der Waals surface area (Å²) < 4.78 is 5.74. The van der Waals surface area contributed by atoms with Gasteiger partial charge in [0.05, 0.1) is 23.9 Å². The normalized spacial score (nSPS) is 14.9. The lowest BCUT2D eigenvalue weighted by Gasteiger charge is -2.27. The van der Waals surface area contributed by atoms with Gasteiger partial charge in [0.1, 0.15) is 5.75 Å². The first-order chi connectivity index (χ1) is 16.4. The summed E-state index contributed by atoms with van der Waals surface area (Å²) in [5, 5.41) is 6.46. The van der Waals surface area contributed by atoms with Crippen molar-refractivity contribution in [3.63, 3.8) is 0 Å². The minimum Gasteiger partial charge on any atom is -0.493 e. The third kappa shape index (κ3) is 4.20. The van der Waals surface area contributed by atoms with Crippen LogP contribution in [0.4, 0.5) is 11.4 Å². The van der Waals surface area contributed by atoms with Crippen LogP contribution in [0.25, 0.3) is 21.9 Å². The molecule has 4 aromatic carbocycles. The van der Waals surface area contributed by atoms with Crippen molar-refractivity contribution in [2.24, 2.45) is 0 Å². The molecule has 5 rings (SSSR count). The number of amides is 1. The molecular formula is C28H24Cl2N2O2. The van der Waals surface area contributed by atoms with E-state index in [0.717, 1.165) is 44.6 Å². The summed E-state index contributed by atoms with van der Waals surface area (Å²) in [6, 6.07) is 23.5. The Balaban J connectivity index is 1.57. The second-order valence-corrected chi connectivity index (χ2v) is 9.50. The first-order valence-electron chi connectivity index (χ1n) is 11.1. The number of hydrogen-bond donors (Lipinski definition) is 1. The zero-order valence-electron chi connectivity index (χ0n) is 18.9. The molecule has 1 unspecified atom stereocenters. The number of benzene rings is 4. The lowest BCUT2D eigenvalue weighted by molar-refractivity contribution is -0.118. The Bertz CT molecular complexity index is 1380. The smallest absolute Gasteiger partial charge is 0.232 e. The molecule has 4 aromatic rings. The first-order valence-corrected chi connectivity index (χ1v) is 11.9. The summed E-state index contributed by atoms with van der Waals surface area (Å²) in [4.78, 5) is 15.4. The van der Waals surface area contributed by atoms with Crippen LogP contribution in [0.15, 0.2) is 72.8 Å². The second kappa shape index (κ2) is 9.21. The van der Waals surface area contributed by atoms with E-state index in [2.05, 4.69) is 17.4 Å². The van der Waals surface area contributed by atoms with E-state index in [9.17, 15) is 4.79 Å². The van der Waals surface area contributed by atoms with Gasteiger partial charge in [0, 0.05) is 35.1 Å². The average molecular weight is 491 g/mol. The maximum atomic E-state index is 13.4. The number of hydrogen-bond acceptors (Lipinski definition) is 3. The van der Waals surface area contributed by atoms with Crippen molar-refractivity contribution in [2.75, 3.05) is 30.9 Å². The summed E-state index contributed by atoms with van der Waals surface area (Å²) >= 11 is 12.6. The number of nitrogens with zero attached hydrogens (tertiary/aromatic N) is 1. The molecule has 172 valence electrons. The number of fused-ring (bicyclic) bond motifs is 2. The van der Waals surface area contributed by atoms with Crippen LogP contribution in [-0.2, 0) is 4.79 Å². The molecule has 0 aliphatic carbocycles. The van der Waals surface area contributed by atoms with Gasteiger partial charge in [-0.3, -0.25) is 4.79 Å². The quantitative estimate of drug-likeness (QED) is 0.324. The van der Waals surface area contributed by atoms with E-state index in [0.29, 0.717) is 23.1 Å². The van der Waals surface area contributed by atoms with Gasteiger partial charge in [0.25, 0.3) is 0 Å². The first kappa shape index (κ1) is 22.6. The predicted octanol–water partition coefficient (Wildman–Crippen LogP) is 7.38. The number of para-hydroxylation sites is 1. The number of halogens is 2. The molecule has 1 aliphatic heterocycles. The SMILES string of the molecule is CN(C)c1c(NC(=O)C2CCOc3ccccc32)ccc2c(-c3cc(Cl)cc(Cl)c3)cccc12. The number of rotatable bonds is 4. The van der Waals surface area contributed by atoms with Crippen LogP contribution >= 0.6 is 23.2 Å². The van der Waals surface area contributed by atoms with E-state index < -0.39 is 0 Å². The molecule has 34 heavy (non-hydrogen) atoms. The van der Waals surface area contributed by atoms with E-state index >= 15 is 0 Å². The molecule has 1 atom stereocenters. The van der Waals surface area contributed by atoms with Crippen molar-refractivity contribution in [2.45, 2.75) is 12.3 Å². The van der Waals surface area contributed by atoms with Crippen molar-refractivity contribution >= 4 is 51.3 Å². The number of carbonyl (C=O) groups excluding carboxylic acids is 1. The third-order valence-corrected chi connectivity index (χ3v) is 6.62. The van der Waals surface area contributed by atoms with Crippen LogP contribution in [0.3, 0.4) is 0 Å². The maximum absolute atomic E-state index is 13.4. The Hall–Kier alpha value is -3.21. The van der Waals surface area contributed by atoms with Gasteiger partial charge in [-0.05, 0) is 53.3 Å². The van der Waals surface area contributed by atoms with Crippen molar-refractivity contribution in [3.8, 4) is 16.9 Å². The third-order valence-electron chi connectivity index (χ3n) is 6.19. The number of ether oxygens (including phenoxy) is 1. The highest BCUT2D eigenvalue weighted by Crippen LogP contribution is 2.40. The fraction of sp³-hybridized carbons (Fsp3) is 0.179. The zero-order valence-corrected chi connectivity index (χ0v) is 20.5. The van der Waals surface area contributed by atoms with Crippen LogP contribution < -0.4 is 15.0 Å². The van der Waals surface area contributed by atoms with Gasteiger partial charge in [0.15, 0.2) is 0 Å². The molecule has 1 heterocycles. The summed E-state index contributed by atoms with van der Waals surface area (Å²) in [6.07, 6.45) is 0.646. The molecule has 0 saturated carbocycles. The van der Waals surface area contributed by atoms with Crippen LogP contribution in [-0.4, -0.2) is 26.6 Å². The standard InChI is InChI=1S/C28H24Cl2N2O2/c1-32(2)27-23-8-5-7-20(17-14-18(29)16-19(30)15-17)21(23)10-11-25(27)31-28(33)24-12-13-34-26-9-4-3-6-22(24)26/h3-11,14-16,24H,12-13H2,1-2H3,(H,31,33). The van der Waals surface area contributed by atoms with Crippen LogP contribution in [0.5, 0.6) is 5.75 Å². The highest BCUT2D eigenvalue weighted by Gasteiger charge is 2.28. The number of anilines is 2. The van der Waals surface area contributed by atoms with Crippen LogP contribution in [0.1, 0.15) is 17.9 Å². The molecule has 0 aromatic heterocycles. The van der Waals surface area contributed by atoms with Gasteiger partial charge < -0.3 is 15.0 Å². The molecule has 0 bridgehead atoms. The zero-order chi connectivity index (χ0) is 23.8. The minimum atomic E-state index is -0.254. The van der Waals surface area contributed by atoms with E-state index in [4.69, 9.17) is 27.9 Å². The molecule has 1 aliphatic rings. The van der Waals surface area contributed by atoms with E-state index in [1.807, 2.05) is 73.6 Å². The van der Waals surface area contributed by atoms with Crippen molar-refractivity contribution in [1.82, 2.24) is 0 Å². The van der Waals surface area contributed by atoms with Gasteiger partial charge in [-0.2, -0.15) is 0 Å². The van der Waals surface area contributed by atoms with Crippen molar-refractivity contribution in [1.29, 1.82) is 0 Å². The fourth-order valence-corrected chi connectivity index (χ4v) is 5.25. The Morgan fingerprint density at radius 2 is 1.71 bits per heavy atom. The summed E-state index contributed by atoms with van der Waals surface area (Å²) in [5.41, 5.74) is 4.62. The molecule has 0 saturated heterocycles. The molecule has 0 spiro atoms. The molecule has 1 N–H and O–H groups in total. The lowest BCUT2D eigenvalue weighted by Crippen LogP contribution is -2.27. The van der Waals surface area contributed by atoms with Gasteiger partial charge in [-0.1, -0.05) is 65.7 Å². The molecule has 1 amide bonds. The lowest BCUT2D eigenvalue weighted by atomic mass is 9.92. The largest absolute Gasteiger partial charge is 0.493 e. The number of nitrogens with one attached hydrogen (secondary N) is 1. The highest BCUT2D eigenvalue weighted by atomic mass is 35.5. The molecule has 6 heteroatoms. The molecule has 4 nitrogen and oxygen atoms in total. The Morgan fingerprint density at radius 3 is 2.47 bits per heavy atom. The Morgan fingerprint density at radius 1 is 0.941 bits per heavy atom. The Labute approximate surface area is 209 Å². The van der Waals surface area contributed by atoms with Crippen molar-refractivity contribution in [3.05, 3.63) is 88.4 Å². The molecule has 0 fully saturated rings. The maximum Gasteiger partial charge on any atom is 0.232 e. The summed E-state index contributed by atoms with van der Waals surface area (Å²) in [7, 11) is 3.97. The van der Waals surface area contributed by atoms with E-state index in [1.54, 1.807) is 6.07 Å². The summed E-state index contributed by atoms with van der Waals surface area (Å²) in [6.45, 7) is 0.527. The van der Waals surface area contributed by atoms with Gasteiger partial charge in [-0.15, -0.1) is 0 Å². The highest BCUT2D eigenvalue weighted by molar-refractivity contribution is 6.35. The second-order valence-electron chi connectivity index (χ2n) is 8.63. The summed E-state index contributed by atoms with van der Waals surface area (Å²) in [5.74, 6) is 0.497. The minimum absolute atomic E-state index is 0.0315. The van der Waals surface area contributed by atoms with Crippen LogP contribution in [0, 0.1) is 0 Å². The van der Waals surface area contributed by atoms with Gasteiger partial charge >= 0.3 is 0 Å².